The Labute approximate surface area is 203 Å². The number of furan rings is 1. The highest BCUT2D eigenvalue weighted by molar-refractivity contribution is 7.99. The van der Waals surface area contributed by atoms with Crippen molar-refractivity contribution in [3.63, 3.8) is 0 Å². The molecule has 3 aromatic carbocycles. The van der Waals surface area contributed by atoms with Crippen LogP contribution in [-0.4, -0.2) is 17.0 Å². The molecule has 1 aliphatic carbocycles. The third kappa shape index (κ3) is 4.95. The summed E-state index contributed by atoms with van der Waals surface area (Å²) < 4.78 is 11.6. The molecule has 5 rings (SSSR count). The monoisotopic (exact) mass is 470 g/mol. The molecule has 0 bridgehead atoms. The summed E-state index contributed by atoms with van der Waals surface area (Å²) >= 11 is 1.91. The van der Waals surface area contributed by atoms with E-state index in [1.54, 1.807) is 36.4 Å². The van der Waals surface area contributed by atoms with Gasteiger partial charge in [0.1, 0.15) is 11.3 Å². The Balaban J connectivity index is 1.33. The van der Waals surface area contributed by atoms with Crippen molar-refractivity contribution < 1.29 is 18.7 Å². The van der Waals surface area contributed by atoms with Crippen LogP contribution in [0.25, 0.3) is 11.0 Å². The molecule has 0 spiro atoms. The summed E-state index contributed by atoms with van der Waals surface area (Å²) in [7, 11) is 0. The maximum absolute atomic E-state index is 13.1. The SMILES string of the molecule is O=C(c1ccccc1)c1ccc(OC(=O)c2oc3ccccc3c2CSC2CCCCC2)cc1. The van der Waals surface area contributed by atoms with Crippen LogP contribution in [0.4, 0.5) is 0 Å². The van der Waals surface area contributed by atoms with Crippen LogP contribution in [0.2, 0.25) is 0 Å². The average Bonchev–Trinajstić information content (AvgIpc) is 3.27. The molecule has 1 aliphatic rings. The van der Waals surface area contributed by atoms with E-state index in [-0.39, 0.29) is 11.5 Å². The molecule has 0 unspecified atom stereocenters. The Kier molecular flexibility index (Phi) is 6.82. The molecule has 0 N–H and O–H groups in total. The minimum absolute atomic E-state index is 0.0715. The Bertz CT molecular complexity index is 1280. The van der Waals surface area contributed by atoms with Crippen molar-refractivity contribution in [1.82, 2.24) is 0 Å². The molecule has 0 aliphatic heterocycles. The predicted molar refractivity (Wildman–Crippen MR) is 136 cm³/mol. The number of ketones is 1. The number of hydrogen-bond acceptors (Lipinski definition) is 5. The van der Waals surface area contributed by atoms with Gasteiger partial charge in [-0.15, -0.1) is 0 Å². The van der Waals surface area contributed by atoms with Crippen molar-refractivity contribution >= 4 is 34.5 Å². The number of thioether (sulfide) groups is 1. The molecule has 172 valence electrons. The van der Waals surface area contributed by atoms with E-state index in [1.807, 2.05) is 54.2 Å². The van der Waals surface area contributed by atoms with Gasteiger partial charge in [0.15, 0.2) is 5.78 Å². The Hall–Kier alpha value is -3.31. The van der Waals surface area contributed by atoms with E-state index in [1.165, 1.54) is 32.1 Å². The number of benzene rings is 3. The molecule has 0 amide bonds. The Morgan fingerprint density at radius 2 is 1.50 bits per heavy atom. The first-order valence-corrected chi connectivity index (χ1v) is 12.8. The summed E-state index contributed by atoms with van der Waals surface area (Å²) in [4.78, 5) is 25.7. The first-order chi connectivity index (χ1) is 16.7. The minimum atomic E-state index is -0.516. The van der Waals surface area contributed by atoms with E-state index in [0.717, 1.165) is 16.7 Å². The third-order valence-electron chi connectivity index (χ3n) is 6.26. The lowest BCUT2D eigenvalue weighted by atomic mass is 10.0. The van der Waals surface area contributed by atoms with Crippen LogP contribution in [-0.2, 0) is 5.75 Å². The number of carbonyl (C=O) groups excluding carboxylic acids is 2. The molecule has 1 aromatic heterocycles. The van der Waals surface area contributed by atoms with E-state index < -0.39 is 5.97 Å². The molecule has 0 saturated heterocycles. The lowest BCUT2D eigenvalue weighted by Crippen LogP contribution is -2.11. The van der Waals surface area contributed by atoms with Crippen molar-refractivity contribution in [1.29, 1.82) is 0 Å². The number of fused-ring (bicyclic) bond motifs is 1. The lowest BCUT2D eigenvalue weighted by molar-refractivity contribution is 0.0702. The van der Waals surface area contributed by atoms with Gasteiger partial charge in [0.05, 0.1) is 0 Å². The highest BCUT2D eigenvalue weighted by Crippen LogP contribution is 2.35. The second kappa shape index (κ2) is 10.3. The normalized spacial score (nSPS) is 14.2. The van der Waals surface area contributed by atoms with Crippen LogP contribution in [0, 0.1) is 0 Å². The number of carbonyl (C=O) groups is 2. The van der Waals surface area contributed by atoms with Crippen molar-refractivity contribution in [3.05, 3.63) is 101 Å². The van der Waals surface area contributed by atoms with Gasteiger partial charge < -0.3 is 9.15 Å². The highest BCUT2D eigenvalue weighted by Gasteiger charge is 2.24. The highest BCUT2D eigenvalue weighted by atomic mass is 32.2. The zero-order valence-electron chi connectivity index (χ0n) is 18.9. The van der Waals surface area contributed by atoms with Crippen LogP contribution >= 0.6 is 11.8 Å². The first-order valence-electron chi connectivity index (χ1n) is 11.7. The molecule has 0 atom stereocenters. The van der Waals surface area contributed by atoms with Gasteiger partial charge in [0.2, 0.25) is 5.76 Å². The van der Waals surface area contributed by atoms with Crippen LogP contribution in [0.5, 0.6) is 5.75 Å². The van der Waals surface area contributed by atoms with Crippen molar-refractivity contribution in [2.75, 3.05) is 0 Å². The molecule has 1 saturated carbocycles. The molecule has 4 aromatic rings. The van der Waals surface area contributed by atoms with Gasteiger partial charge >= 0.3 is 5.97 Å². The summed E-state index contributed by atoms with van der Waals surface area (Å²) in [5, 5.41) is 1.59. The fourth-order valence-electron chi connectivity index (χ4n) is 4.42. The summed E-state index contributed by atoms with van der Waals surface area (Å²) in [6.07, 6.45) is 6.34. The van der Waals surface area contributed by atoms with Crippen molar-refractivity contribution in [3.8, 4) is 5.75 Å². The molecule has 5 heteroatoms. The van der Waals surface area contributed by atoms with Crippen molar-refractivity contribution in [2.45, 2.75) is 43.1 Å². The van der Waals surface area contributed by atoms with Crippen LogP contribution < -0.4 is 4.74 Å². The van der Waals surface area contributed by atoms with Crippen LogP contribution in [0.3, 0.4) is 0 Å². The third-order valence-corrected chi connectivity index (χ3v) is 7.66. The molecular formula is C29H26O4S. The quantitative estimate of drug-likeness (QED) is 0.159. The van der Waals surface area contributed by atoms with E-state index in [2.05, 4.69) is 0 Å². The molecule has 1 heterocycles. The van der Waals surface area contributed by atoms with E-state index in [4.69, 9.17) is 9.15 Å². The summed E-state index contributed by atoms with van der Waals surface area (Å²) in [6, 6.07) is 23.5. The van der Waals surface area contributed by atoms with E-state index in [0.29, 0.717) is 27.7 Å². The molecule has 34 heavy (non-hydrogen) atoms. The lowest BCUT2D eigenvalue weighted by Gasteiger charge is -2.20. The summed E-state index contributed by atoms with van der Waals surface area (Å²) in [5.41, 5.74) is 2.75. The van der Waals surface area contributed by atoms with Gasteiger partial charge in [-0.05, 0) is 43.2 Å². The Morgan fingerprint density at radius 1 is 0.824 bits per heavy atom. The van der Waals surface area contributed by atoms with Gasteiger partial charge in [0.25, 0.3) is 0 Å². The number of rotatable bonds is 7. The number of esters is 1. The zero-order valence-corrected chi connectivity index (χ0v) is 19.7. The second-order valence-corrected chi connectivity index (χ2v) is 9.87. The standard InChI is InChI=1S/C29H26O4S/c30-27(20-9-3-1-4-10-20)21-15-17-22(18-16-21)32-29(31)28-25(19-34-23-11-5-2-6-12-23)24-13-7-8-14-26(24)33-28/h1,3-4,7-10,13-18,23H,2,5-6,11-12,19H2. The molecular weight excluding hydrogens is 444 g/mol. The number of hydrogen-bond donors (Lipinski definition) is 0. The molecule has 0 radical (unpaired) electrons. The van der Waals surface area contributed by atoms with Crippen LogP contribution in [0.1, 0.15) is 64.1 Å². The van der Waals surface area contributed by atoms with Gasteiger partial charge in [-0.25, -0.2) is 4.79 Å². The smallest absolute Gasteiger partial charge is 0.379 e. The fraction of sp³-hybridized carbons (Fsp3) is 0.241. The fourth-order valence-corrected chi connectivity index (χ4v) is 5.78. The second-order valence-electron chi connectivity index (χ2n) is 8.59. The minimum Gasteiger partial charge on any atom is -0.449 e. The largest absolute Gasteiger partial charge is 0.449 e. The summed E-state index contributed by atoms with van der Waals surface area (Å²) in [6.45, 7) is 0. The van der Waals surface area contributed by atoms with E-state index >= 15 is 0 Å². The van der Waals surface area contributed by atoms with Crippen LogP contribution in [0.15, 0.2) is 83.3 Å². The molecule has 4 nitrogen and oxygen atoms in total. The summed E-state index contributed by atoms with van der Waals surface area (Å²) in [5.74, 6) is 0.765. The predicted octanol–water partition coefficient (Wildman–Crippen LogP) is 7.45. The first kappa shape index (κ1) is 22.5. The van der Waals surface area contributed by atoms with Gasteiger partial charge in [-0.1, -0.05) is 67.8 Å². The zero-order chi connectivity index (χ0) is 23.3. The Morgan fingerprint density at radius 3 is 2.26 bits per heavy atom. The average molecular weight is 471 g/mol. The number of para-hydroxylation sites is 1. The maximum atomic E-state index is 13.1. The van der Waals surface area contributed by atoms with E-state index in [9.17, 15) is 9.59 Å². The topological polar surface area (TPSA) is 56.5 Å². The van der Waals surface area contributed by atoms with Gasteiger partial charge in [0, 0.05) is 33.1 Å². The van der Waals surface area contributed by atoms with Crippen molar-refractivity contribution in [2.24, 2.45) is 0 Å². The molecule has 1 fully saturated rings. The van der Waals surface area contributed by atoms with Gasteiger partial charge in [-0.3, -0.25) is 4.79 Å². The maximum Gasteiger partial charge on any atom is 0.379 e. The number of ether oxygens (including phenoxy) is 1. The van der Waals surface area contributed by atoms with Gasteiger partial charge in [-0.2, -0.15) is 11.8 Å².